The molecule has 0 saturated carbocycles. The van der Waals surface area contributed by atoms with Crippen LogP contribution in [0.2, 0.25) is 0 Å². The zero-order valence-corrected chi connectivity index (χ0v) is 11.8. The molecule has 0 radical (unpaired) electrons. The lowest BCUT2D eigenvalue weighted by atomic mass is 10.1. The SMILES string of the molecule is COc1ccc(C(O)CNC(C)(C)C)c(OC)c1. The molecule has 2 N–H and O–H groups in total. The molecule has 0 spiro atoms. The summed E-state index contributed by atoms with van der Waals surface area (Å²) in [4.78, 5) is 0. The van der Waals surface area contributed by atoms with Crippen LogP contribution in [-0.4, -0.2) is 31.4 Å². The van der Waals surface area contributed by atoms with Gasteiger partial charge in [-0.25, -0.2) is 0 Å². The predicted octanol–water partition coefficient (Wildman–Crippen LogP) is 2.13. The highest BCUT2D eigenvalue weighted by atomic mass is 16.5. The van der Waals surface area contributed by atoms with E-state index in [-0.39, 0.29) is 5.54 Å². The average molecular weight is 253 g/mol. The van der Waals surface area contributed by atoms with Gasteiger partial charge in [0.1, 0.15) is 11.5 Å². The minimum Gasteiger partial charge on any atom is -0.497 e. The van der Waals surface area contributed by atoms with Crippen molar-refractivity contribution in [3.63, 3.8) is 0 Å². The molecule has 0 aromatic heterocycles. The van der Waals surface area contributed by atoms with E-state index in [0.29, 0.717) is 18.0 Å². The molecule has 0 aliphatic heterocycles. The summed E-state index contributed by atoms with van der Waals surface area (Å²) in [5.41, 5.74) is 0.732. The highest BCUT2D eigenvalue weighted by Crippen LogP contribution is 2.29. The van der Waals surface area contributed by atoms with Gasteiger partial charge < -0.3 is 19.9 Å². The second-order valence-electron chi connectivity index (χ2n) is 5.25. The summed E-state index contributed by atoms with van der Waals surface area (Å²) >= 11 is 0. The number of ether oxygens (including phenoxy) is 2. The van der Waals surface area contributed by atoms with E-state index < -0.39 is 6.10 Å². The lowest BCUT2D eigenvalue weighted by molar-refractivity contribution is 0.159. The first kappa shape index (κ1) is 14.8. The predicted molar refractivity (Wildman–Crippen MR) is 72.3 cm³/mol. The monoisotopic (exact) mass is 253 g/mol. The highest BCUT2D eigenvalue weighted by molar-refractivity contribution is 5.42. The van der Waals surface area contributed by atoms with Crippen LogP contribution in [0.3, 0.4) is 0 Å². The van der Waals surface area contributed by atoms with E-state index in [0.717, 1.165) is 5.56 Å². The Kier molecular flexibility index (Phi) is 4.99. The van der Waals surface area contributed by atoms with Crippen LogP contribution < -0.4 is 14.8 Å². The molecule has 4 nitrogen and oxygen atoms in total. The Bertz CT molecular complexity index is 385. The second kappa shape index (κ2) is 6.07. The molecule has 0 saturated heterocycles. The summed E-state index contributed by atoms with van der Waals surface area (Å²) in [6, 6.07) is 5.42. The summed E-state index contributed by atoms with van der Waals surface area (Å²) in [5, 5.41) is 13.4. The fourth-order valence-corrected chi connectivity index (χ4v) is 1.61. The van der Waals surface area contributed by atoms with Crippen LogP contribution in [0.4, 0.5) is 0 Å². The largest absolute Gasteiger partial charge is 0.497 e. The zero-order valence-electron chi connectivity index (χ0n) is 11.8. The zero-order chi connectivity index (χ0) is 13.8. The first-order valence-electron chi connectivity index (χ1n) is 6.02. The minimum atomic E-state index is -0.606. The molecule has 1 rings (SSSR count). The second-order valence-corrected chi connectivity index (χ2v) is 5.25. The molecule has 18 heavy (non-hydrogen) atoms. The minimum absolute atomic E-state index is 0.0271. The van der Waals surface area contributed by atoms with Gasteiger partial charge in [0.25, 0.3) is 0 Å². The number of hydrogen-bond acceptors (Lipinski definition) is 4. The Morgan fingerprint density at radius 3 is 2.39 bits per heavy atom. The Hall–Kier alpha value is -1.26. The molecule has 0 heterocycles. The van der Waals surface area contributed by atoms with Crippen LogP contribution in [0.15, 0.2) is 18.2 Å². The van der Waals surface area contributed by atoms with Gasteiger partial charge >= 0.3 is 0 Å². The topological polar surface area (TPSA) is 50.7 Å². The summed E-state index contributed by atoms with van der Waals surface area (Å²) < 4.78 is 10.4. The summed E-state index contributed by atoms with van der Waals surface area (Å²) in [7, 11) is 3.19. The molecular weight excluding hydrogens is 230 g/mol. The third-order valence-corrected chi connectivity index (χ3v) is 2.63. The number of hydrogen-bond donors (Lipinski definition) is 2. The van der Waals surface area contributed by atoms with Crippen molar-refractivity contribution in [2.75, 3.05) is 20.8 Å². The van der Waals surface area contributed by atoms with Crippen LogP contribution in [0.25, 0.3) is 0 Å². The van der Waals surface area contributed by atoms with E-state index in [2.05, 4.69) is 26.1 Å². The number of rotatable bonds is 5. The van der Waals surface area contributed by atoms with Crippen molar-refractivity contribution in [3.8, 4) is 11.5 Å². The number of nitrogens with one attached hydrogen (secondary N) is 1. The van der Waals surface area contributed by atoms with Crippen LogP contribution in [-0.2, 0) is 0 Å². The van der Waals surface area contributed by atoms with Crippen LogP contribution in [0, 0.1) is 0 Å². The van der Waals surface area contributed by atoms with Gasteiger partial charge in [-0.05, 0) is 32.9 Å². The van der Waals surface area contributed by atoms with E-state index in [1.807, 2.05) is 12.1 Å². The molecule has 0 bridgehead atoms. The normalized spacial score (nSPS) is 13.2. The maximum Gasteiger partial charge on any atom is 0.128 e. The van der Waals surface area contributed by atoms with E-state index in [1.54, 1.807) is 20.3 Å². The Balaban J connectivity index is 2.81. The number of aliphatic hydroxyl groups excluding tert-OH is 1. The molecule has 1 aromatic carbocycles. The molecule has 0 aliphatic rings. The van der Waals surface area contributed by atoms with Crippen molar-refractivity contribution in [1.82, 2.24) is 5.32 Å². The molecule has 1 unspecified atom stereocenters. The van der Waals surface area contributed by atoms with Gasteiger partial charge in [0.15, 0.2) is 0 Å². The smallest absolute Gasteiger partial charge is 0.128 e. The summed E-state index contributed by atoms with van der Waals surface area (Å²) in [6.07, 6.45) is -0.606. The van der Waals surface area contributed by atoms with Gasteiger partial charge in [0, 0.05) is 23.7 Å². The van der Waals surface area contributed by atoms with E-state index in [9.17, 15) is 5.11 Å². The molecular formula is C14H23NO3. The Labute approximate surface area is 109 Å². The summed E-state index contributed by atoms with van der Waals surface area (Å²) in [5.74, 6) is 1.35. The molecule has 1 atom stereocenters. The number of aliphatic hydroxyl groups is 1. The first-order chi connectivity index (χ1) is 8.37. The van der Waals surface area contributed by atoms with Gasteiger partial charge in [0.05, 0.1) is 20.3 Å². The maximum atomic E-state index is 10.2. The third-order valence-electron chi connectivity index (χ3n) is 2.63. The lowest BCUT2D eigenvalue weighted by Crippen LogP contribution is -2.38. The van der Waals surface area contributed by atoms with Gasteiger partial charge in [-0.2, -0.15) is 0 Å². The standard InChI is InChI=1S/C14H23NO3/c1-14(2,3)15-9-12(16)11-7-6-10(17-4)8-13(11)18-5/h6-8,12,15-16H,9H2,1-5H3. The van der Waals surface area contributed by atoms with Gasteiger partial charge in [-0.15, -0.1) is 0 Å². The average Bonchev–Trinajstić information content (AvgIpc) is 2.34. The number of β-amino-alcohol motifs (C(OH)–C–C–N with tert-alkyl or cyclic N) is 1. The number of methoxy groups -OCH3 is 2. The van der Waals surface area contributed by atoms with Gasteiger partial charge in [-0.1, -0.05) is 0 Å². The first-order valence-corrected chi connectivity index (χ1v) is 6.02. The third kappa shape index (κ3) is 4.20. The quantitative estimate of drug-likeness (QED) is 0.844. The van der Waals surface area contributed by atoms with E-state index >= 15 is 0 Å². The van der Waals surface area contributed by atoms with Crippen LogP contribution in [0.5, 0.6) is 11.5 Å². The molecule has 0 fully saturated rings. The fraction of sp³-hybridized carbons (Fsp3) is 0.571. The fourth-order valence-electron chi connectivity index (χ4n) is 1.61. The van der Waals surface area contributed by atoms with Crippen molar-refractivity contribution in [1.29, 1.82) is 0 Å². The maximum absolute atomic E-state index is 10.2. The van der Waals surface area contributed by atoms with Crippen LogP contribution in [0.1, 0.15) is 32.4 Å². The van der Waals surface area contributed by atoms with Crippen molar-refractivity contribution >= 4 is 0 Å². The Morgan fingerprint density at radius 1 is 1.22 bits per heavy atom. The van der Waals surface area contributed by atoms with Gasteiger partial charge in [0.2, 0.25) is 0 Å². The Morgan fingerprint density at radius 2 is 1.89 bits per heavy atom. The van der Waals surface area contributed by atoms with Gasteiger partial charge in [-0.3, -0.25) is 0 Å². The number of benzene rings is 1. The van der Waals surface area contributed by atoms with Crippen LogP contribution >= 0.6 is 0 Å². The molecule has 102 valence electrons. The van der Waals surface area contributed by atoms with Crippen molar-refractivity contribution < 1.29 is 14.6 Å². The molecule has 0 aliphatic carbocycles. The highest BCUT2D eigenvalue weighted by Gasteiger charge is 2.17. The molecule has 4 heteroatoms. The van der Waals surface area contributed by atoms with Crippen molar-refractivity contribution in [2.24, 2.45) is 0 Å². The van der Waals surface area contributed by atoms with E-state index in [4.69, 9.17) is 9.47 Å². The molecule has 0 amide bonds. The lowest BCUT2D eigenvalue weighted by Gasteiger charge is -2.24. The summed E-state index contributed by atoms with van der Waals surface area (Å²) in [6.45, 7) is 6.66. The van der Waals surface area contributed by atoms with E-state index in [1.165, 1.54) is 0 Å². The van der Waals surface area contributed by atoms with Crippen molar-refractivity contribution in [2.45, 2.75) is 32.4 Å². The van der Waals surface area contributed by atoms with Crippen molar-refractivity contribution in [3.05, 3.63) is 23.8 Å². The molecule has 1 aromatic rings.